The lowest BCUT2D eigenvalue weighted by Crippen LogP contribution is -2.43. The number of amides is 3. The Hall–Kier alpha value is -0.750. The monoisotopic (exact) mass is 275 g/mol. The smallest absolute Gasteiger partial charge is 0.321 e. The molecule has 0 radical (unpaired) electrons. The Labute approximate surface area is 114 Å². The highest BCUT2D eigenvalue weighted by molar-refractivity contribution is 8.00. The van der Waals surface area contributed by atoms with Crippen LogP contribution < -0.4 is 10.6 Å². The summed E-state index contributed by atoms with van der Waals surface area (Å²) in [5.41, 5.74) is 0. The quantitative estimate of drug-likeness (QED) is 0.732. The van der Waals surface area contributed by atoms with Crippen LogP contribution >= 0.6 is 11.8 Å². The number of rotatable bonds is 7. The number of carbonyl (C=O) groups excluding carboxylic acids is 2. The zero-order valence-corrected chi connectivity index (χ0v) is 12.8. The highest BCUT2D eigenvalue weighted by Crippen LogP contribution is 2.09. The van der Waals surface area contributed by atoms with E-state index in [1.54, 1.807) is 11.8 Å². The molecule has 0 unspecified atom stereocenters. The predicted octanol–water partition coefficient (Wildman–Crippen LogP) is 1.15. The van der Waals surface area contributed by atoms with Gasteiger partial charge in [0.15, 0.2) is 0 Å². The Morgan fingerprint density at radius 3 is 2.33 bits per heavy atom. The number of urea groups is 1. The fourth-order valence-corrected chi connectivity index (χ4v) is 2.08. The summed E-state index contributed by atoms with van der Waals surface area (Å²) in [4.78, 5) is 25.1. The molecule has 0 aliphatic carbocycles. The van der Waals surface area contributed by atoms with Crippen LogP contribution in [0.25, 0.3) is 0 Å². The van der Waals surface area contributed by atoms with Gasteiger partial charge in [0.1, 0.15) is 0 Å². The van der Waals surface area contributed by atoms with Crippen molar-refractivity contribution in [2.75, 3.05) is 32.9 Å². The van der Waals surface area contributed by atoms with Crippen molar-refractivity contribution in [3.05, 3.63) is 0 Å². The number of carbonyl (C=O) groups is 2. The normalized spacial score (nSPS) is 12.6. The van der Waals surface area contributed by atoms with Crippen LogP contribution in [-0.4, -0.2) is 55.0 Å². The number of thioether (sulfide) groups is 1. The second-order valence-corrected chi connectivity index (χ2v) is 6.36. The number of nitrogens with zero attached hydrogens (tertiary/aromatic N) is 1. The van der Waals surface area contributed by atoms with Crippen molar-refractivity contribution in [3.8, 4) is 0 Å². The van der Waals surface area contributed by atoms with Gasteiger partial charge in [0, 0.05) is 18.8 Å². The van der Waals surface area contributed by atoms with Crippen molar-refractivity contribution >= 4 is 23.7 Å². The molecule has 106 valence electrons. The molecule has 0 saturated heterocycles. The minimum Gasteiger partial charge on any atom is -0.338 e. The van der Waals surface area contributed by atoms with Gasteiger partial charge in [-0.3, -0.25) is 10.1 Å². The molecule has 0 rings (SSSR count). The Balaban J connectivity index is 3.82. The van der Waals surface area contributed by atoms with E-state index in [0.717, 1.165) is 12.3 Å². The van der Waals surface area contributed by atoms with Crippen molar-refractivity contribution in [2.45, 2.75) is 26.0 Å². The molecule has 0 heterocycles. The summed E-state index contributed by atoms with van der Waals surface area (Å²) in [6, 6.07) is -0.409. The first-order valence-electron chi connectivity index (χ1n) is 6.18. The third-order valence-corrected chi connectivity index (χ3v) is 3.32. The van der Waals surface area contributed by atoms with Crippen molar-refractivity contribution in [2.24, 2.45) is 5.92 Å². The van der Waals surface area contributed by atoms with Crippen LogP contribution in [-0.2, 0) is 4.79 Å². The van der Waals surface area contributed by atoms with Crippen LogP contribution in [0.5, 0.6) is 0 Å². The molecule has 6 heteroatoms. The third kappa shape index (κ3) is 9.30. The molecule has 0 saturated carbocycles. The van der Waals surface area contributed by atoms with Crippen molar-refractivity contribution < 1.29 is 9.59 Å². The van der Waals surface area contributed by atoms with Crippen LogP contribution in [0.1, 0.15) is 20.8 Å². The van der Waals surface area contributed by atoms with Crippen molar-refractivity contribution in [1.82, 2.24) is 15.5 Å². The molecule has 18 heavy (non-hydrogen) atoms. The molecule has 0 fully saturated rings. The second-order valence-electron chi connectivity index (χ2n) is 4.91. The van der Waals surface area contributed by atoms with Gasteiger partial charge in [0.05, 0.1) is 5.25 Å². The molecule has 0 aromatic heterocycles. The summed E-state index contributed by atoms with van der Waals surface area (Å²) in [5, 5.41) is 4.79. The highest BCUT2D eigenvalue weighted by atomic mass is 32.2. The number of imide groups is 1. The van der Waals surface area contributed by atoms with E-state index in [1.807, 2.05) is 34.9 Å². The number of hydrogen-bond acceptors (Lipinski definition) is 4. The first-order chi connectivity index (χ1) is 8.32. The van der Waals surface area contributed by atoms with E-state index in [9.17, 15) is 9.59 Å². The van der Waals surface area contributed by atoms with Gasteiger partial charge in [-0.05, 0) is 26.9 Å². The van der Waals surface area contributed by atoms with E-state index >= 15 is 0 Å². The maximum atomic E-state index is 11.7. The first-order valence-corrected chi connectivity index (χ1v) is 7.22. The Morgan fingerprint density at radius 1 is 1.22 bits per heavy atom. The lowest BCUT2D eigenvalue weighted by Gasteiger charge is -2.14. The second kappa shape index (κ2) is 9.22. The van der Waals surface area contributed by atoms with Gasteiger partial charge >= 0.3 is 6.03 Å². The standard InChI is InChI=1S/C12H25N3O2S/c1-9(2)8-13-12(17)14-11(16)10(3)18-7-6-15(4)5/h9-10H,6-8H2,1-5H3,(H2,13,14,16,17)/t10-/m0/s1. The highest BCUT2D eigenvalue weighted by Gasteiger charge is 2.15. The van der Waals surface area contributed by atoms with Crippen LogP contribution in [0.3, 0.4) is 0 Å². The lowest BCUT2D eigenvalue weighted by atomic mass is 10.2. The minimum absolute atomic E-state index is 0.213. The van der Waals surface area contributed by atoms with E-state index in [0.29, 0.717) is 12.5 Å². The number of nitrogens with one attached hydrogen (secondary N) is 2. The fourth-order valence-electron chi connectivity index (χ4n) is 1.04. The largest absolute Gasteiger partial charge is 0.338 e. The molecule has 0 aromatic rings. The number of hydrogen-bond donors (Lipinski definition) is 2. The van der Waals surface area contributed by atoms with E-state index < -0.39 is 6.03 Å². The summed E-state index contributed by atoms with van der Waals surface area (Å²) in [6.07, 6.45) is 0. The molecule has 0 aromatic carbocycles. The summed E-state index contributed by atoms with van der Waals surface area (Å²) in [7, 11) is 3.98. The van der Waals surface area contributed by atoms with E-state index in [4.69, 9.17) is 0 Å². The molecule has 1 atom stereocenters. The molecule has 2 N–H and O–H groups in total. The SMILES string of the molecule is CC(C)CNC(=O)NC(=O)[C@H](C)SCCN(C)C. The van der Waals surface area contributed by atoms with Gasteiger partial charge in [-0.25, -0.2) is 4.79 Å². The average molecular weight is 275 g/mol. The molecule has 3 amide bonds. The van der Waals surface area contributed by atoms with Crippen molar-refractivity contribution in [3.63, 3.8) is 0 Å². The summed E-state index contributed by atoms with van der Waals surface area (Å²) in [5.74, 6) is 1.01. The summed E-state index contributed by atoms with van der Waals surface area (Å²) in [6.45, 7) is 7.30. The molecular weight excluding hydrogens is 250 g/mol. The lowest BCUT2D eigenvalue weighted by molar-refractivity contribution is -0.119. The predicted molar refractivity (Wildman–Crippen MR) is 76.9 cm³/mol. The molecule has 0 spiro atoms. The Kier molecular flexibility index (Phi) is 8.83. The van der Waals surface area contributed by atoms with E-state index in [1.165, 1.54) is 0 Å². The first kappa shape index (κ1) is 17.2. The van der Waals surface area contributed by atoms with Crippen LogP contribution in [0.15, 0.2) is 0 Å². The third-order valence-electron chi connectivity index (χ3n) is 2.18. The maximum absolute atomic E-state index is 11.7. The molecule has 0 aliphatic rings. The fraction of sp³-hybridized carbons (Fsp3) is 0.833. The van der Waals surface area contributed by atoms with Gasteiger partial charge in [-0.15, -0.1) is 11.8 Å². The van der Waals surface area contributed by atoms with Gasteiger partial charge in [-0.2, -0.15) is 0 Å². The van der Waals surface area contributed by atoms with Crippen LogP contribution in [0, 0.1) is 5.92 Å². The zero-order valence-electron chi connectivity index (χ0n) is 11.9. The topological polar surface area (TPSA) is 61.4 Å². The van der Waals surface area contributed by atoms with Crippen molar-refractivity contribution in [1.29, 1.82) is 0 Å². The molecule has 5 nitrogen and oxygen atoms in total. The Morgan fingerprint density at radius 2 is 1.83 bits per heavy atom. The summed E-state index contributed by atoms with van der Waals surface area (Å²) < 4.78 is 0. The van der Waals surface area contributed by atoms with Gasteiger partial charge in [0.2, 0.25) is 5.91 Å². The Bertz CT molecular complexity index is 270. The van der Waals surface area contributed by atoms with Gasteiger partial charge in [0.25, 0.3) is 0 Å². The molecule has 0 bridgehead atoms. The summed E-state index contributed by atoms with van der Waals surface area (Å²) >= 11 is 1.55. The van der Waals surface area contributed by atoms with Crippen LogP contribution in [0.4, 0.5) is 4.79 Å². The molecular formula is C12H25N3O2S. The van der Waals surface area contributed by atoms with Gasteiger partial charge in [-0.1, -0.05) is 13.8 Å². The zero-order chi connectivity index (χ0) is 14.1. The average Bonchev–Trinajstić information content (AvgIpc) is 2.25. The molecule has 0 aliphatic heterocycles. The minimum atomic E-state index is -0.409. The van der Waals surface area contributed by atoms with E-state index in [-0.39, 0.29) is 11.2 Å². The van der Waals surface area contributed by atoms with E-state index in [2.05, 4.69) is 15.5 Å². The maximum Gasteiger partial charge on any atom is 0.321 e. The van der Waals surface area contributed by atoms with Crippen LogP contribution in [0.2, 0.25) is 0 Å². The van der Waals surface area contributed by atoms with Gasteiger partial charge < -0.3 is 10.2 Å².